The van der Waals surface area contributed by atoms with Crippen molar-refractivity contribution in [1.82, 2.24) is 0 Å². The Kier molecular flexibility index (Phi) is 3.35. The van der Waals surface area contributed by atoms with Crippen LogP contribution >= 0.6 is 0 Å². The Balaban J connectivity index is 1.80. The summed E-state index contributed by atoms with van der Waals surface area (Å²) in [5.74, 6) is -0.541. The van der Waals surface area contributed by atoms with Crippen molar-refractivity contribution in [3.8, 4) is 0 Å². The molecular weight excluding hydrogens is 331 g/mol. The van der Waals surface area contributed by atoms with Crippen LogP contribution in [0.25, 0.3) is 0 Å². The van der Waals surface area contributed by atoms with Crippen LogP contribution in [-0.2, 0) is 9.84 Å². The number of amides is 2. The number of para-hydroxylation sites is 1. The number of rotatable bonds is 2. The Morgan fingerprint density at radius 3 is 1.88 bits per heavy atom. The summed E-state index contributed by atoms with van der Waals surface area (Å²) in [6.45, 7) is 0. The van der Waals surface area contributed by atoms with Crippen LogP contribution in [0.15, 0.2) is 54.6 Å². The van der Waals surface area contributed by atoms with Gasteiger partial charge in [0.25, 0.3) is 0 Å². The molecule has 2 aromatic carbocycles. The molecule has 2 atom stereocenters. The molecule has 0 radical (unpaired) electrons. The van der Waals surface area contributed by atoms with Crippen LogP contribution in [0.2, 0.25) is 0 Å². The lowest BCUT2D eigenvalue weighted by Gasteiger charge is -2.22. The molecule has 4 rings (SSSR count). The summed E-state index contributed by atoms with van der Waals surface area (Å²) in [5.41, 5.74) is 1.17. The van der Waals surface area contributed by atoms with Gasteiger partial charge in [-0.2, -0.15) is 0 Å². The van der Waals surface area contributed by atoms with E-state index in [0.29, 0.717) is 11.4 Å². The lowest BCUT2D eigenvalue weighted by atomic mass is 10.1. The first-order chi connectivity index (χ1) is 11.5. The molecule has 5 nitrogen and oxygen atoms in total. The number of nitrogens with zero attached hydrogens (tertiary/aromatic N) is 2. The first kappa shape index (κ1) is 15.1. The van der Waals surface area contributed by atoms with Gasteiger partial charge in [-0.15, -0.1) is 0 Å². The fraction of sp³-hybridized carbons (Fsp3) is 0.235. The minimum Gasteiger partial charge on any atom is -0.288 e. The van der Waals surface area contributed by atoms with Crippen molar-refractivity contribution in [2.45, 2.75) is 12.1 Å². The summed E-state index contributed by atoms with van der Waals surface area (Å²) < 4.78 is 37.5. The fourth-order valence-corrected chi connectivity index (χ4v) is 5.42. The van der Waals surface area contributed by atoms with Gasteiger partial charge in [0.2, 0.25) is 0 Å². The van der Waals surface area contributed by atoms with Gasteiger partial charge in [-0.3, -0.25) is 9.80 Å². The first-order valence-electron chi connectivity index (χ1n) is 7.60. The maximum absolute atomic E-state index is 13.2. The van der Waals surface area contributed by atoms with Gasteiger partial charge in [-0.05, 0) is 36.4 Å². The molecule has 0 saturated carbocycles. The zero-order valence-electron chi connectivity index (χ0n) is 12.7. The molecule has 2 fully saturated rings. The predicted octanol–water partition coefficient (Wildman–Crippen LogP) is 2.44. The van der Waals surface area contributed by atoms with Crippen LogP contribution in [-0.4, -0.2) is 38.0 Å². The van der Waals surface area contributed by atoms with Crippen LogP contribution < -0.4 is 9.80 Å². The Morgan fingerprint density at radius 2 is 1.33 bits per heavy atom. The second-order valence-electron chi connectivity index (χ2n) is 6.05. The van der Waals surface area contributed by atoms with E-state index in [1.165, 1.54) is 29.2 Å². The molecule has 0 N–H and O–H groups in total. The van der Waals surface area contributed by atoms with Crippen LogP contribution in [0.4, 0.5) is 20.6 Å². The summed E-state index contributed by atoms with van der Waals surface area (Å²) >= 11 is 0. The summed E-state index contributed by atoms with van der Waals surface area (Å²) in [4.78, 5) is 16.0. The Labute approximate surface area is 139 Å². The molecule has 0 unspecified atom stereocenters. The van der Waals surface area contributed by atoms with Gasteiger partial charge in [-0.25, -0.2) is 17.6 Å². The van der Waals surface area contributed by atoms with Crippen molar-refractivity contribution >= 4 is 27.2 Å². The molecule has 2 amide bonds. The van der Waals surface area contributed by atoms with E-state index >= 15 is 0 Å². The van der Waals surface area contributed by atoms with E-state index in [1.54, 1.807) is 17.0 Å². The number of hydrogen-bond acceptors (Lipinski definition) is 3. The van der Waals surface area contributed by atoms with E-state index in [0.717, 1.165) is 0 Å². The van der Waals surface area contributed by atoms with E-state index in [2.05, 4.69) is 0 Å². The van der Waals surface area contributed by atoms with Gasteiger partial charge >= 0.3 is 6.03 Å². The van der Waals surface area contributed by atoms with Crippen LogP contribution in [0.5, 0.6) is 0 Å². The van der Waals surface area contributed by atoms with Crippen LogP contribution in [0.1, 0.15) is 0 Å². The third-order valence-corrected chi connectivity index (χ3v) is 6.21. The largest absolute Gasteiger partial charge is 0.329 e. The molecule has 0 bridgehead atoms. The van der Waals surface area contributed by atoms with Crippen LogP contribution in [0, 0.1) is 5.82 Å². The number of carbonyl (C=O) groups excluding carboxylic acids is 1. The Hall–Kier alpha value is -2.41. The molecule has 2 aromatic rings. The Morgan fingerprint density at radius 1 is 0.833 bits per heavy atom. The van der Waals surface area contributed by atoms with Crippen molar-refractivity contribution in [2.24, 2.45) is 0 Å². The summed E-state index contributed by atoms with van der Waals surface area (Å²) in [6.07, 6.45) is 0. The highest BCUT2D eigenvalue weighted by molar-refractivity contribution is 7.91. The summed E-state index contributed by atoms with van der Waals surface area (Å²) in [5, 5.41) is 0. The summed E-state index contributed by atoms with van der Waals surface area (Å²) in [7, 11) is -3.23. The molecular formula is C17H15FN2O3S. The van der Waals surface area contributed by atoms with Gasteiger partial charge in [0.05, 0.1) is 23.6 Å². The number of halogens is 1. The number of hydrogen-bond donors (Lipinski definition) is 0. The SMILES string of the molecule is O=C1N(c2ccccc2)[C@H]2CS(=O)(=O)C[C@@H]2N1c1ccc(F)cc1. The lowest BCUT2D eigenvalue weighted by molar-refractivity contribution is 0.255. The van der Waals surface area contributed by atoms with E-state index in [4.69, 9.17) is 0 Å². The number of urea groups is 1. The van der Waals surface area contributed by atoms with E-state index in [9.17, 15) is 17.6 Å². The normalized spacial score (nSPS) is 25.1. The van der Waals surface area contributed by atoms with Gasteiger partial charge in [-0.1, -0.05) is 18.2 Å². The fourth-order valence-electron chi connectivity index (χ4n) is 3.50. The van der Waals surface area contributed by atoms with Crippen molar-refractivity contribution in [3.63, 3.8) is 0 Å². The number of carbonyl (C=O) groups is 1. The topological polar surface area (TPSA) is 57.7 Å². The van der Waals surface area contributed by atoms with Crippen molar-refractivity contribution in [3.05, 3.63) is 60.4 Å². The average Bonchev–Trinajstić information content (AvgIpc) is 2.98. The standard InChI is InChI=1S/C17H15FN2O3S/c18-12-6-8-14(9-7-12)20-16-11-24(22,23)10-15(16)19(17(20)21)13-4-2-1-3-5-13/h1-9,15-16H,10-11H2/t15-,16-/m0/s1. The molecule has 0 aromatic heterocycles. The van der Waals surface area contributed by atoms with Crippen molar-refractivity contribution < 1.29 is 17.6 Å². The van der Waals surface area contributed by atoms with Crippen LogP contribution in [0.3, 0.4) is 0 Å². The number of sulfone groups is 1. The highest BCUT2D eigenvalue weighted by Crippen LogP contribution is 2.37. The average molecular weight is 346 g/mol. The molecule has 24 heavy (non-hydrogen) atoms. The number of anilines is 2. The molecule has 2 aliphatic heterocycles. The highest BCUT2D eigenvalue weighted by atomic mass is 32.2. The smallest absolute Gasteiger partial charge is 0.288 e. The minimum atomic E-state index is -3.23. The molecule has 2 aliphatic rings. The molecule has 2 saturated heterocycles. The monoisotopic (exact) mass is 346 g/mol. The first-order valence-corrected chi connectivity index (χ1v) is 9.42. The van der Waals surface area contributed by atoms with Gasteiger partial charge in [0.15, 0.2) is 9.84 Å². The molecule has 124 valence electrons. The number of fused-ring (bicyclic) bond motifs is 1. The predicted molar refractivity (Wildman–Crippen MR) is 89.4 cm³/mol. The minimum absolute atomic E-state index is 0.0595. The molecule has 0 spiro atoms. The van der Waals surface area contributed by atoms with Gasteiger partial charge in [0, 0.05) is 11.4 Å². The third kappa shape index (κ3) is 2.36. The maximum Gasteiger partial charge on any atom is 0.329 e. The summed E-state index contributed by atoms with van der Waals surface area (Å²) in [6, 6.07) is 13.4. The zero-order valence-corrected chi connectivity index (χ0v) is 13.5. The highest BCUT2D eigenvalue weighted by Gasteiger charge is 2.54. The third-order valence-electron chi connectivity index (χ3n) is 4.51. The van der Waals surface area contributed by atoms with E-state index in [1.807, 2.05) is 18.2 Å². The molecule has 7 heteroatoms. The van der Waals surface area contributed by atoms with Gasteiger partial charge in [0.1, 0.15) is 5.82 Å². The van der Waals surface area contributed by atoms with Crippen molar-refractivity contribution in [1.29, 1.82) is 0 Å². The quantitative estimate of drug-likeness (QED) is 0.785. The molecule has 2 heterocycles. The Bertz CT molecular complexity index is 884. The molecule has 0 aliphatic carbocycles. The van der Waals surface area contributed by atoms with E-state index in [-0.39, 0.29) is 17.5 Å². The maximum atomic E-state index is 13.2. The van der Waals surface area contributed by atoms with E-state index < -0.39 is 27.7 Å². The second kappa shape index (κ2) is 5.31. The van der Waals surface area contributed by atoms with Crippen molar-refractivity contribution in [2.75, 3.05) is 21.3 Å². The van der Waals surface area contributed by atoms with Gasteiger partial charge < -0.3 is 0 Å². The zero-order chi connectivity index (χ0) is 16.9. The number of benzene rings is 2. The lowest BCUT2D eigenvalue weighted by Crippen LogP contribution is -2.37. The second-order valence-corrected chi connectivity index (χ2v) is 8.20.